The van der Waals surface area contributed by atoms with Crippen LogP contribution in [0.2, 0.25) is 0 Å². The maximum absolute atomic E-state index is 12.7. The molecule has 1 aromatic rings. The number of aliphatic hydroxyl groups excluding tert-OH is 1. The molecule has 0 spiro atoms. The van der Waals surface area contributed by atoms with Gasteiger partial charge in [0, 0.05) is 30.8 Å². The predicted octanol–water partition coefficient (Wildman–Crippen LogP) is 0.266. The highest BCUT2D eigenvalue weighted by Crippen LogP contribution is 2.21. The summed E-state index contributed by atoms with van der Waals surface area (Å²) in [5.41, 5.74) is 5.87. The third-order valence-corrected chi connectivity index (χ3v) is 5.28. The van der Waals surface area contributed by atoms with Crippen LogP contribution in [0, 0.1) is 5.92 Å². The molecule has 3 rings (SSSR count). The van der Waals surface area contributed by atoms with Crippen LogP contribution in [0.25, 0.3) is 0 Å². The first kappa shape index (κ1) is 24.0. The van der Waals surface area contributed by atoms with Gasteiger partial charge in [-0.25, -0.2) is 4.99 Å². The third kappa shape index (κ3) is 5.96. The summed E-state index contributed by atoms with van der Waals surface area (Å²) in [6.07, 6.45) is -7.17. The molecule has 2 aliphatic heterocycles. The first-order valence-corrected chi connectivity index (χ1v) is 10.1. The van der Waals surface area contributed by atoms with Gasteiger partial charge in [0.25, 0.3) is 5.91 Å². The Labute approximate surface area is 182 Å². The fraction of sp³-hybridized carbons (Fsp3) is 0.550. The van der Waals surface area contributed by atoms with E-state index in [-0.39, 0.29) is 35.5 Å². The number of nitrogens with zero attached hydrogens (tertiary/aromatic N) is 2. The average molecular weight is 458 g/mol. The lowest BCUT2D eigenvalue weighted by Gasteiger charge is -2.37. The number of alkyl halides is 3. The number of amides is 2. The number of ether oxygens (including phenoxy) is 2. The fourth-order valence-corrected chi connectivity index (χ4v) is 3.46. The first-order chi connectivity index (χ1) is 15.2. The molecular weight excluding hydrogens is 433 g/mol. The van der Waals surface area contributed by atoms with Crippen molar-refractivity contribution < 1.29 is 37.3 Å². The van der Waals surface area contributed by atoms with E-state index in [9.17, 15) is 22.8 Å². The van der Waals surface area contributed by atoms with Crippen LogP contribution in [-0.2, 0) is 14.3 Å². The second kappa shape index (κ2) is 10.3. The number of rotatable bonds is 6. The monoisotopic (exact) mass is 458 g/mol. The van der Waals surface area contributed by atoms with Gasteiger partial charge in [0.2, 0.25) is 12.1 Å². The molecule has 2 unspecified atom stereocenters. The number of halogens is 3. The number of amidine groups is 1. The van der Waals surface area contributed by atoms with Gasteiger partial charge in [0.15, 0.2) is 0 Å². The van der Waals surface area contributed by atoms with Crippen molar-refractivity contribution >= 4 is 17.6 Å². The van der Waals surface area contributed by atoms with Gasteiger partial charge in [-0.2, -0.15) is 13.2 Å². The minimum atomic E-state index is -4.92. The molecule has 0 bridgehead atoms. The number of nitrogens with one attached hydrogen (secondary N) is 1. The smallest absolute Gasteiger partial charge is 0.383 e. The van der Waals surface area contributed by atoms with Crippen molar-refractivity contribution in [2.24, 2.45) is 16.6 Å². The van der Waals surface area contributed by atoms with Gasteiger partial charge in [-0.15, -0.1) is 0 Å². The highest BCUT2D eigenvalue weighted by atomic mass is 19.4. The van der Waals surface area contributed by atoms with E-state index in [1.54, 1.807) is 4.90 Å². The SMILES string of the molecule is NC(=NC(O)C(F)(F)F)c1ccc(C(=O)NC[C@H]2COCCN2C(=O)C2CCOC2)cc1. The molecule has 2 fully saturated rings. The standard InChI is InChI=1S/C20H25F3N4O5/c21-20(22,23)19(30)26-16(24)12-1-3-13(4-2-12)17(28)25-9-15-11-32-8-6-27(15)18(29)14-5-7-31-10-14/h1-4,14-15,19,30H,5-11H2,(H2,24,26)(H,25,28)/t14?,15-,19?/m0/s1. The number of aliphatic imine (C=N–C) groups is 1. The van der Waals surface area contributed by atoms with Crippen LogP contribution in [0.5, 0.6) is 0 Å². The Morgan fingerprint density at radius 1 is 1.19 bits per heavy atom. The van der Waals surface area contributed by atoms with Crippen LogP contribution in [0.1, 0.15) is 22.3 Å². The number of hydrogen-bond acceptors (Lipinski definition) is 6. The Hall–Kier alpha value is -2.70. The van der Waals surface area contributed by atoms with Gasteiger partial charge in [-0.1, -0.05) is 12.1 Å². The minimum absolute atomic E-state index is 0.00907. The molecule has 2 heterocycles. The Morgan fingerprint density at radius 3 is 2.47 bits per heavy atom. The van der Waals surface area contributed by atoms with Crippen molar-refractivity contribution in [1.82, 2.24) is 10.2 Å². The molecule has 0 saturated carbocycles. The van der Waals surface area contributed by atoms with Crippen molar-refractivity contribution in [2.45, 2.75) is 24.9 Å². The zero-order valence-electron chi connectivity index (χ0n) is 17.2. The van der Waals surface area contributed by atoms with Crippen molar-refractivity contribution in [3.63, 3.8) is 0 Å². The summed E-state index contributed by atoms with van der Waals surface area (Å²) in [5, 5.41) is 11.7. The Kier molecular flexibility index (Phi) is 7.69. The minimum Gasteiger partial charge on any atom is -0.383 e. The molecule has 0 aromatic heterocycles. The van der Waals surface area contributed by atoms with Crippen molar-refractivity contribution in [1.29, 1.82) is 0 Å². The van der Waals surface area contributed by atoms with Crippen LogP contribution in [0.3, 0.4) is 0 Å². The van der Waals surface area contributed by atoms with E-state index in [0.717, 1.165) is 0 Å². The maximum Gasteiger partial charge on any atom is 0.435 e. The largest absolute Gasteiger partial charge is 0.435 e. The molecule has 2 aliphatic rings. The van der Waals surface area contributed by atoms with E-state index in [2.05, 4.69) is 10.3 Å². The van der Waals surface area contributed by atoms with E-state index < -0.39 is 24.1 Å². The number of morpholine rings is 1. The molecule has 9 nitrogen and oxygen atoms in total. The fourth-order valence-electron chi connectivity index (χ4n) is 3.46. The number of carbonyl (C=O) groups is 2. The van der Waals surface area contributed by atoms with Gasteiger partial charge < -0.3 is 30.5 Å². The highest BCUT2D eigenvalue weighted by molar-refractivity contribution is 5.99. The summed E-state index contributed by atoms with van der Waals surface area (Å²) in [6.45, 7) is 2.30. The molecule has 32 heavy (non-hydrogen) atoms. The van der Waals surface area contributed by atoms with Crippen LogP contribution in [-0.4, -0.2) is 85.6 Å². The first-order valence-electron chi connectivity index (χ1n) is 10.1. The summed E-state index contributed by atoms with van der Waals surface area (Å²) in [4.78, 5) is 29.9. The number of nitrogens with two attached hydrogens (primary N) is 1. The predicted molar refractivity (Wildman–Crippen MR) is 107 cm³/mol. The van der Waals surface area contributed by atoms with Crippen molar-refractivity contribution in [2.75, 3.05) is 39.5 Å². The van der Waals surface area contributed by atoms with Crippen LogP contribution >= 0.6 is 0 Å². The average Bonchev–Trinajstić information content (AvgIpc) is 3.31. The molecule has 0 aliphatic carbocycles. The number of benzene rings is 1. The molecule has 2 saturated heterocycles. The summed E-state index contributed by atoms with van der Waals surface area (Å²) in [5.74, 6) is -1.12. The van der Waals surface area contributed by atoms with E-state index >= 15 is 0 Å². The summed E-state index contributed by atoms with van der Waals surface area (Å²) >= 11 is 0. The van der Waals surface area contributed by atoms with Crippen LogP contribution in [0.4, 0.5) is 13.2 Å². The molecule has 176 valence electrons. The Balaban J connectivity index is 1.58. The zero-order valence-corrected chi connectivity index (χ0v) is 17.2. The quantitative estimate of drug-likeness (QED) is 0.415. The number of carbonyl (C=O) groups excluding carboxylic acids is 2. The molecule has 1 aromatic carbocycles. The van der Waals surface area contributed by atoms with E-state index in [1.165, 1.54) is 24.3 Å². The number of aliphatic hydroxyl groups is 1. The lowest BCUT2D eigenvalue weighted by atomic mass is 10.1. The summed E-state index contributed by atoms with van der Waals surface area (Å²) in [7, 11) is 0. The lowest BCUT2D eigenvalue weighted by molar-refractivity contribution is -0.200. The van der Waals surface area contributed by atoms with Gasteiger partial charge in [0.05, 0.1) is 31.8 Å². The molecule has 4 N–H and O–H groups in total. The third-order valence-electron chi connectivity index (χ3n) is 5.28. The molecule has 2 amide bonds. The van der Waals surface area contributed by atoms with E-state index in [0.29, 0.717) is 39.4 Å². The van der Waals surface area contributed by atoms with Crippen molar-refractivity contribution in [3.8, 4) is 0 Å². The summed E-state index contributed by atoms with van der Waals surface area (Å²) < 4.78 is 47.9. The molecular formula is C20H25F3N4O5. The number of hydrogen-bond donors (Lipinski definition) is 3. The van der Waals surface area contributed by atoms with E-state index in [4.69, 9.17) is 20.3 Å². The summed E-state index contributed by atoms with van der Waals surface area (Å²) in [6, 6.07) is 5.10. The maximum atomic E-state index is 12.7. The normalized spacial score (nSPS) is 23.1. The molecule has 3 atom stereocenters. The van der Waals surface area contributed by atoms with Crippen molar-refractivity contribution in [3.05, 3.63) is 35.4 Å². The Morgan fingerprint density at radius 2 is 1.84 bits per heavy atom. The van der Waals surface area contributed by atoms with Crippen LogP contribution in [0.15, 0.2) is 29.3 Å². The van der Waals surface area contributed by atoms with Gasteiger partial charge in [-0.05, 0) is 18.6 Å². The second-order valence-electron chi connectivity index (χ2n) is 7.54. The second-order valence-corrected chi connectivity index (χ2v) is 7.54. The lowest BCUT2D eigenvalue weighted by Crippen LogP contribution is -2.55. The Bertz CT molecular complexity index is 841. The topological polar surface area (TPSA) is 126 Å². The molecule has 12 heteroatoms. The van der Waals surface area contributed by atoms with E-state index in [1.807, 2.05) is 0 Å². The zero-order chi connectivity index (χ0) is 23.3. The van der Waals surface area contributed by atoms with Gasteiger partial charge in [-0.3, -0.25) is 9.59 Å². The highest BCUT2D eigenvalue weighted by Gasteiger charge is 2.38. The van der Waals surface area contributed by atoms with Gasteiger partial charge in [0.1, 0.15) is 5.84 Å². The van der Waals surface area contributed by atoms with Gasteiger partial charge >= 0.3 is 6.18 Å². The van der Waals surface area contributed by atoms with Crippen LogP contribution < -0.4 is 11.1 Å². The molecule has 0 radical (unpaired) electrons.